The summed E-state index contributed by atoms with van der Waals surface area (Å²) in [6.45, 7) is 1.84. The average molecular weight is 286 g/mol. The van der Waals surface area contributed by atoms with Gasteiger partial charge >= 0.3 is 0 Å². The summed E-state index contributed by atoms with van der Waals surface area (Å²) in [5.41, 5.74) is 0.779. The Balaban J connectivity index is 1.80. The van der Waals surface area contributed by atoms with Crippen LogP contribution in [0.2, 0.25) is 0 Å². The van der Waals surface area contributed by atoms with Gasteiger partial charge in [0, 0.05) is 5.56 Å². The van der Waals surface area contributed by atoms with E-state index in [1.165, 1.54) is 0 Å². The van der Waals surface area contributed by atoms with Gasteiger partial charge in [-0.05, 0) is 43.9 Å². The van der Waals surface area contributed by atoms with E-state index in [1.54, 1.807) is 35.3 Å². The maximum Gasteiger partial charge on any atom is 0.251 e. The molecule has 3 rings (SSSR count). The van der Waals surface area contributed by atoms with Gasteiger partial charge in [-0.25, -0.2) is 4.68 Å². The second-order valence-corrected chi connectivity index (χ2v) is 5.70. The Bertz CT molecular complexity index is 637. The van der Waals surface area contributed by atoms with Gasteiger partial charge in [0.15, 0.2) is 0 Å². The Kier molecular flexibility index (Phi) is 3.47. The van der Waals surface area contributed by atoms with Crippen molar-refractivity contribution >= 4 is 5.91 Å². The van der Waals surface area contributed by atoms with Crippen LogP contribution in [0.3, 0.4) is 0 Å². The highest BCUT2D eigenvalue weighted by Gasteiger charge is 2.42. The highest BCUT2D eigenvalue weighted by Crippen LogP contribution is 2.39. The van der Waals surface area contributed by atoms with Crippen LogP contribution < -0.4 is 5.32 Å². The van der Waals surface area contributed by atoms with Crippen LogP contribution in [0.25, 0.3) is 5.69 Å². The Morgan fingerprint density at radius 2 is 2.33 bits per heavy atom. The first-order valence-corrected chi connectivity index (χ1v) is 7.02. The summed E-state index contributed by atoms with van der Waals surface area (Å²) < 4.78 is 1.60. The van der Waals surface area contributed by atoms with Gasteiger partial charge in [0.25, 0.3) is 5.91 Å². The molecule has 110 valence electrons. The summed E-state index contributed by atoms with van der Waals surface area (Å²) in [7, 11) is 0. The monoisotopic (exact) mass is 286 g/mol. The molecule has 1 aromatic carbocycles. The van der Waals surface area contributed by atoms with Crippen molar-refractivity contribution in [2.24, 2.45) is 5.92 Å². The van der Waals surface area contributed by atoms with Crippen molar-refractivity contribution in [1.82, 2.24) is 20.3 Å². The normalized spacial score (nSPS) is 17.2. The number of carbonyl (C=O) groups is 1. The van der Waals surface area contributed by atoms with Crippen molar-refractivity contribution in [3.05, 3.63) is 42.2 Å². The fourth-order valence-electron chi connectivity index (χ4n) is 2.46. The molecule has 1 saturated carbocycles. The van der Waals surface area contributed by atoms with Crippen LogP contribution in [-0.4, -0.2) is 38.2 Å². The van der Waals surface area contributed by atoms with Gasteiger partial charge < -0.3 is 10.4 Å². The van der Waals surface area contributed by atoms with Crippen LogP contribution in [-0.2, 0) is 0 Å². The number of nitrogens with zero attached hydrogens (tertiary/aromatic N) is 3. The molecule has 0 spiro atoms. The van der Waals surface area contributed by atoms with Gasteiger partial charge in [0.1, 0.15) is 0 Å². The van der Waals surface area contributed by atoms with Crippen LogP contribution >= 0.6 is 0 Å². The summed E-state index contributed by atoms with van der Waals surface area (Å²) >= 11 is 0. The molecule has 1 heterocycles. The number of aromatic nitrogens is 3. The van der Waals surface area contributed by atoms with E-state index < -0.39 is 5.54 Å². The highest BCUT2D eigenvalue weighted by atomic mass is 16.3. The molecule has 1 atom stereocenters. The fraction of sp³-hybridized carbons (Fsp3) is 0.400. The van der Waals surface area contributed by atoms with Crippen LogP contribution in [0.15, 0.2) is 36.7 Å². The van der Waals surface area contributed by atoms with Crippen LogP contribution in [0.5, 0.6) is 0 Å². The van der Waals surface area contributed by atoms with E-state index in [-0.39, 0.29) is 12.5 Å². The van der Waals surface area contributed by atoms with Gasteiger partial charge in [0.05, 0.1) is 30.2 Å². The number of aliphatic hydroxyl groups excluding tert-OH is 1. The standard InChI is InChI=1S/C15H18N4O2/c1-15(10-20,12-5-6-12)17-14(21)11-3-2-4-13(9-11)19-8-7-16-18-19/h2-4,7-9,12,20H,5-6,10H2,1H3,(H,17,21). The number of nitrogens with one attached hydrogen (secondary N) is 1. The molecule has 1 fully saturated rings. The lowest BCUT2D eigenvalue weighted by Gasteiger charge is -2.28. The zero-order valence-corrected chi connectivity index (χ0v) is 11.9. The van der Waals surface area contributed by atoms with Crippen molar-refractivity contribution in [3.63, 3.8) is 0 Å². The summed E-state index contributed by atoms with van der Waals surface area (Å²) in [6, 6.07) is 7.17. The molecule has 0 saturated heterocycles. The number of benzene rings is 1. The Morgan fingerprint density at radius 3 is 2.95 bits per heavy atom. The van der Waals surface area contributed by atoms with Crippen molar-refractivity contribution in [2.45, 2.75) is 25.3 Å². The summed E-state index contributed by atoms with van der Waals surface area (Å²) in [6.07, 6.45) is 5.41. The van der Waals surface area contributed by atoms with Gasteiger partial charge in [-0.15, -0.1) is 5.10 Å². The number of hydrogen-bond acceptors (Lipinski definition) is 4. The third-order valence-electron chi connectivity index (χ3n) is 4.00. The maximum atomic E-state index is 12.4. The largest absolute Gasteiger partial charge is 0.394 e. The molecule has 21 heavy (non-hydrogen) atoms. The van der Waals surface area contributed by atoms with Crippen molar-refractivity contribution in [2.75, 3.05) is 6.61 Å². The number of carbonyl (C=O) groups excluding carboxylic acids is 1. The minimum absolute atomic E-state index is 0.0494. The molecule has 1 aliphatic carbocycles. The molecular formula is C15H18N4O2. The van der Waals surface area contributed by atoms with Crippen molar-refractivity contribution < 1.29 is 9.90 Å². The molecule has 6 nitrogen and oxygen atoms in total. The summed E-state index contributed by atoms with van der Waals surface area (Å²) in [5.74, 6) is 0.186. The van der Waals surface area contributed by atoms with Gasteiger partial charge in [0.2, 0.25) is 0 Å². The van der Waals surface area contributed by atoms with E-state index in [4.69, 9.17) is 0 Å². The molecule has 1 aromatic heterocycles. The lowest BCUT2D eigenvalue weighted by Crippen LogP contribution is -2.50. The molecule has 1 aliphatic rings. The van der Waals surface area contributed by atoms with Gasteiger partial charge in [-0.1, -0.05) is 11.3 Å². The zero-order chi connectivity index (χ0) is 14.9. The molecule has 1 unspecified atom stereocenters. The molecule has 0 radical (unpaired) electrons. The van der Waals surface area contributed by atoms with E-state index in [0.717, 1.165) is 18.5 Å². The summed E-state index contributed by atoms with van der Waals surface area (Å²) in [5, 5.41) is 20.2. The molecule has 2 N–H and O–H groups in total. The second kappa shape index (κ2) is 5.29. The number of rotatable bonds is 5. The average Bonchev–Trinajstić information content (AvgIpc) is 3.23. The van der Waals surface area contributed by atoms with Crippen LogP contribution in [0.4, 0.5) is 0 Å². The number of hydrogen-bond donors (Lipinski definition) is 2. The third-order valence-corrected chi connectivity index (χ3v) is 4.00. The van der Waals surface area contributed by atoms with E-state index in [1.807, 2.05) is 13.0 Å². The van der Waals surface area contributed by atoms with E-state index in [9.17, 15) is 9.90 Å². The minimum Gasteiger partial charge on any atom is -0.394 e. The SMILES string of the molecule is CC(CO)(NC(=O)c1cccc(-n2ccnn2)c1)C1CC1. The van der Waals surface area contributed by atoms with Crippen LogP contribution in [0.1, 0.15) is 30.1 Å². The molecule has 1 amide bonds. The smallest absolute Gasteiger partial charge is 0.251 e. The van der Waals surface area contributed by atoms with E-state index in [0.29, 0.717) is 11.5 Å². The minimum atomic E-state index is -0.541. The molecular weight excluding hydrogens is 268 g/mol. The van der Waals surface area contributed by atoms with E-state index in [2.05, 4.69) is 15.6 Å². The molecule has 2 aromatic rings. The number of amides is 1. The van der Waals surface area contributed by atoms with Crippen molar-refractivity contribution in [3.8, 4) is 5.69 Å². The summed E-state index contributed by atoms with van der Waals surface area (Å²) in [4.78, 5) is 12.4. The Labute approximate surface area is 122 Å². The van der Waals surface area contributed by atoms with Gasteiger partial charge in [-0.2, -0.15) is 0 Å². The van der Waals surface area contributed by atoms with Gasteiger partial charge in [-0.3, -0.25) is 4.79 Å². The molecule has 0 aliphatic heterocycles. The molecule has 0 bridgehead atoms. The fourth-order valence-corrected chi connectivity index (χ4v) is 2.46. The van der Waals surface area contributed by atoms with Crippen LogP contribution in [0, 0.1) is 5.92 Å². The number of aliphatic hydroxyl groups is 1. The predicted molar refractivity (Wildman–Crippen MR) is 77.0 cm³/mol. The van der Waals surface area contributed by atoms with Crippen molar-refractivity contribution in [1.29, 1.82) is 0 Å². The quantitative estimate of drug-likeness (QED) is 0.864. The topological polar surface area (TPSA) is 80.0 Å². The second-order valence-electron chi connectivity index (χ2n) is 5.70. The lowest BCUT2D eigenvalue weighted by molar-refractivity contribution is 0.0824. The first kappa shape index (κ1) is 13.8. The Morgan fingerprint density at radius 1 is 1.52 bits per heavy atom. The Hall–Kier alpha value is -2.21. The first-order chi connectivity index (χ1) is 10.1. The first-order valence-electron chi connectivity index (χ1n) is 7.02. The zero-order valence-electron chi connectivity index (χ0n) is 11.9. The predicted octanol–water partition coefficient (Wildman–Crippen LogP) is 1.16. The van der Waals surface area contributed by atoms with E-state index >= 15 is 0 Å². The third kappa shape index (κ3) is 2.80. The highest BCUT2D eigenvalue weighted by molar-refractivity contribution is 5.95. The lowest BCUT2D eigenvalue weighted by atomic mass is 9.96. The molecule has 6 heteroatoms. The maximum absolute atomic E-state index is 12.4.